The van der Waals surface area contributed by atoms with Gasteiger partial charge in [-0.2, -0.15) is 0 Å². The van der Waals surface area contributed by atoms with Crippen molar-refractivity contribution in [2.45, 2.75) is 0 Å². The van der Waals surface area contributed by atoms with Crippen molar-refractivity contribution in [3.05, 3.63) is 51.0 Å². The molecule has 0 radical (unpaired) electrons. The minimum atomic E-state index is -0.579. The second-order valence-electron chi connectivity index (χ2n) is 5.37. The number of methoxy groups -OCH3 is 3. The average Bonchev–Trinajstić information content (AvgIpc) is 2.69. The van der Waals surface area contributed by atoms with Gasteiger partial charge in [-0.1, -0.05) is 22.0 Å². The highest BCUT2D eigenvalue weighted by molar-refractivity contribution is 9.11. The number of fused-ring (bicyclic) bond motifs is 1. The van der Waals surface area contributed by atoms with Gasteiger partial charge in [-0.25, -0.2) is 4.79 Å². The summed E-state index contributed by atoms with van der Waals surface area (Å²) >= 11 is 6.92. The first-order valence-corrected chi connectivity index (χ1v) is 9.33. The third-order valence-electron chi connectivity index (χ3n) is 3.85. The molecule has 0 aliphatic rings. The summed E-state index contributed by atoms with van der Waals surface area (Å²) < 4.78 is 22.9. The minimum absolute atomic E-state index is 0.253. The number of esters is 1. The molecule has 0 saturated carbocycles. The van der Waals surface area contributed by atoms with Crippen molar-refractivity contribution in [3.63, 3.8) is 0 Å². The standard InChI is InChI=1S/C19H15Br2NO5/c1-24-14-7-10(8-15(25-2)18(14)26-3)19(23)27-17-13(21)9-12(20)11-5-4-6-22-16(11)17/h4-9H,1-3H3. The molecule has 6 nitrogen and oxygen atoms in total. The highest BCUT2D eigenvalue weighted by Gasteiger charge is 2.21. The average molecular weight is 497 g/mol. The van der Waals surface area contributed by atoms with E-state index in [-0.39, 0.29) is 5.56 Å². The Morgan fingerprint density at radius 3 is 2.19 bits per heavy atom. The van der Waals surface area contributed by atoms with Gasteiger partial charge in [-0.15, -0.1) is 0 Å². The molecule has 0 aliphatic carbocycles. The summed E-state index contributed by atoms with van der Waals surface area (Å²) in [5.74, 6) is 0.869. The maximum absolute atomic E-state index is 12.8. The Kier molecular flexibility index (Phi) is 5.86. The van der Waals surface area contributed by atoms with Gasteiger partial charge in [0, 0.05) is 16.1 Å². The minimum Gasteiger partial charge on any atom is -0.493 e. The van der Waals surface area contributed by atoms with Crippen LogP contribution in [0.3, 0.4) is 0 Å². The second kappa shape index (κ2) is 8.14. The largest absolute Gasteiger partial charge is 0.493 e. The number of ether oxygens (including phenoxy) is 4. The molecule has 27 heavy (non-hydrogen) atoms. The van der Waals surface area contributed by atoms with Crippen molar-refractivity contribution in [1.29, 1.82) is 0 Å². The van der Waals surface area contributed by atoms with E-state index >= 15 is 0 Å². The lowest BCUT2D eigenvalue weighted by molar-refractivity contribution is 0.0734. The van der Waals surface area contributed by atoms with E-state index in [1.54, 1.807) is 6.20 Å². The molecule has 0 N–H and O–H groups in total. The van der Waals surface area contributed by atoms with Crippen molar-refractivity contribution in [2.24, 2.45) is 0 Å². The van der Waals surface area contributed by atoms with Crippen LogP contribution in [-0.4, -0.2) is 32.3 Å². The number of aromatic nitrogens is 1. The number of nitrogens with zero attached hydrogens (tertiary/aromatic N) is 1. The molecule has 3 rings (SSSR count). The molecule has 0 aliphatic heterocycles. The van der Waals surface area contributed by atoms with E-state index in [1.807, 2.05) is 18.2 Å². The number of rotatable bonds is 5. The number of hydrogen-bond donors (Lipinski definition) is 0. The number of halogens is 2. The monoisotopic (exact) mass is 495 g/mol. The lowest BCUT2D eigenvalue weighted by Gasteiger charge is -2.14. The van der Waals surface area contributed by atoms with Crippen LogP contribution in [0.1, 0.15) is 10.4 Å². The van der Waals surface area contributed by atoms with Gasteiger partial charge >= 0.3 is 5.97 Å². The van der Waals surface area contributed by atoms with Crippen LogP contribution in [0.2, 0.25) is 0 Å². The predicted molar refractivity (Wildman–Crippen MR) is 108 cm³/mol. The molecule has 0 spiro atoms. The Hall–Kier alpha value is -2.32. The van der Waals surface area contributed by atoms with Crippen LogP contribution in [0.5, 0.6) is 23.0 Å². The fraction of sp³-hybridized carbons (Fsp3) is 0.158. The van der Waals surface area contributed by atoms with Gasteiger partial charge in [0.15, 0.2) is 17.2 Å². The number of carbonyl (C=O) groups is 1. The highest BCUT2D eigenvalue weighted by Crippen LogP contribution is 2.40. The van der Waals surface area contributed by atoms with Crippen molar-refractivity contribution in [3.8, 4) is 23.0 Å². The Labute approximate surface area is 172 Å². The van der Waals surface area contributed by atoms with E-state index in [0.717, 1.165) is 9.86 Å². The molecule has 0 unspecified atom stereocenters. The molecule has 0 bridgehead atoms. The van der Waals surface area contributed by atoms with E-state index in [4.69, 9.17) is 18.9 Å². The fourth-order valence-electron chi connectivity index (χ4n) is 2.59. The van der Waals surface area contributed by atoms with Crippen molar-refractivity contribution < 1.29 is 23.7 Å². The van der Waals surface area contributed by atoms with E-state index in [0.29, 0.717) is 33.0 Å². The first kappa shape index (κ1) is 19.4. The molecular weight excluding hydrogens is 482 g/mol. The van der Waals surface area contributed by atoms with Crippen LogP contribution in [-0.2, 0) is 0 Å². The van der Waals surface area contributed by atoms with Crippen LogP contribution < -0.4 is 18.9 Å². The normalized spacial score (nSPS) is 10.6. The summed E-state index contributed by atoms with van der Waals surface area (Å²) in [6, 6.07) is 8.57. The van der Waals surface area contributed by atoms with Crippen LogP contribution in [0.15, 0.2) is 45.5 Å². The Morgan fingerprint density at radius 1 is 0.926 bits per heavy atom. The number of pyridine rings is 1. The topological polar surface area (TPSA) is 66.9 Å². The SMILES string of the molecule is COc1cc(C(=O)Oc2c(Br)cc(Br)c3cccnc23)cc(OC)c1OC. The lowest BCUT2D eigenvalue weighted by atomic mass is 10.1. The molecule has 0 saturated heterocycles. The van der Waals surface area contributed by atoms with Gasteiger partial charge in [-0.05, 0) is 40.2 Å². The quantitative estimate of drug-likeness (QED) is 0.365. The smallest absolute Gasteiger partial charge is 0.343 e. The summed E-state index contributed by atoms with van der Waals surface area (Å²) in [6.45, 7) is 0. The molecule has 2 aromatic carbocycles. The van der Waals surface area contributed by atoms with E-state index in [1.165, 1.54) is 33.5 Å². The van der Waals surface area contributed by atoms with Gasteiger partial charge in [-0.3, -0.25) is 4.98 Å². The van der Waals surface area contributed by atoms with Crippen LogP contribution in [0, 0.1) is 0 Å². The van der Waals surface area contributed by atoms with Crippen molar-refractivity contribution in [1.82, 2.24) is 4.98 Å². The van der Waals surface area contributed by atoms with Crippen LogP contribution in [0.4, 0.5) is 0 Å². The molecular formula is C19H15Br2NO5. The van der Waals surface area contributed by atoms with E-state index in [2.05, 4.69) is 36.8 Å². The summed E-state index contributed by atoms with van der Waals surface area (Å²) in [5.41, 5.74) is 0.808. The maximum atomic E-state index is 12.8. The third kappa shape index (κ3) is 3.72. The Bertz CT molecular complexity index is 997. The number of hydrogen-bond acceptors (Lipinski definition) is 6. The van der Waals surface area contributed by atoms with Crippen LogP contribution in [0.25, 0.3) is 10.9 Å². The summed E-state index contributed by atoms with van der Waals surface area (Å²) in [4.78, 5) is 17.1. The highest BCUT2D eigenvalue weighted by atomic mass is 79.9. The van der Waals surface area contributed by atoms with E-state index < -0.39 is 5.97 Å². The molecule has 0 amide bonds. The number of carbonyl (C=O) groups excluding carboxylic acids is 1. The van der Waals surface area contributed by atoms with Gasteiger partial charge in [0.2, 0.25) is 5.75 Å². The zero-order valence-electron chi connectivity index (χ0n) is 14.7. The fourth-order valence-corrected chi connectivity index (χ4v) is 3.95. The zero-order chi connectivity index (χ0) is 19.6. The first-order valence-electron chi connectivity index (χ1n) is 7.75. The molecule has 0 atom stereocenters. The molecule has 140 valence electrons. The predicted octanol–water partition coefficient (Wildman–Crippen LogP) is 5.00. The lowest BCUT2D eigenvalue weighted by Crippen LogP contribution is -2.10. The van der Waals surface area contributed by atoms with Gasteiger partial charge in [0.1, 0.15) is 5.52 Å². The Morgan fingerprint density at radius 2 is 1.59 bits per heavy atom. The molecule has 1 heterocycles. The summed E-state index contributed by atoms with van der Waals surface area (Å²) in [5, 5.41) is 0.827. The van der Waals surface area contributed by atoms with Crippen molar-refractivity contribution >= 4 is 48.7 Å². The maximum Gasteiger partial charge on any atom is 0.343 e. The molecule has 1 aromatic heterocycles. The zero-order valence-corrected chi connectivity index (χ0v) is 17.9. The van der Waals surface area contributed by atoms with Gasteiger partial charge in [0.05, 0.1) is 31.4 Å². The summed E-state index contributed by atoms with van der Waals surface area (Å²) in [6.07, 6.45) is 1.64. The van der Waals surface area contributed by atoms with Gasteiger partial charge < -0.3 is 18.9 Å². The van der Waals surface area contributed by atoms with Crippen molar-refractivity contribution in [2.75, 3.05) is 21.3 Å². The molecule has 8 heteroatoms. The second-order valence-corrected chi connectivity index (χ2v) is 7.08. The number of benzene rings is 2. The Balaban J connectivity index is 2.05. The van der Waals surface area contributed by atoms with Gasteiger partial charge in [0.25, 0.3) is 0 Å². The summed E-state index contributed by atoms with van der Waals surface area (Å²) in [7, 11) is 4.46. The third-order valence-corrected chi connectivity index (χ3v) is 5.09. The first-order chi connectivity index (χ1) is 13.0. The van der Waals surface area contributed by atoms with E-state index in [9.17, 15) is 4.79 Å². The molecule has 3 aromatic rings. The molecule has 0 fully saturated rings. The van der Waals surface area contributed by atoms with Crippen LogP contribution >= 0.6 is 31.9 Å².